The predicted octanol–water partition coefficient (Wildman–Crippen LogP) is -1.60. The molecule has 0 aliphatic rings. The number of halogens is 1. The van der Waals surface area contributed by atoms with Gasteiger partial charge in [-0.25, -0.2) is 4.20 Å². The van der Waals surface area contributed by atoms with Crippen molar-refractivity contribution >= 4 is 53.4 Å². The van der Waals surface area contributed by atoms with Gasteiger partial charge in [0.2, 0.25) is 0 Å². The van der Waals surface area contributed by atoms with E-state index in [-0.39, 0.29) is 62.6 Å². The Bertz CT molecular complexity index is 61.1. The van der Waals surface area contributed by atoms with Gasteiger partial charge in [0.1, 0.15) is 7.91 Å². The Morgan fingerprint density at radius 2 is 1.43 bits per heavy atom. The van der Waals surface area contributed by atoms with Gasteiger partial charge in [-0.3, -0.25) is 0 Å². The van der Waals surface area contributed by atoms with Gasteiger partial charge in [-0.15, -0.1) is 0 Å². The van der Waals surface area contributed by atoms with Gasteiger partial charge in [-0.1, -0.05) is 0 Å². The van der Waals surface area contributed by atoms with Crippen molar-refractivity contribution < 1.29 is 35.6 Å². The fraction of sp³-hybridized carbons (Fsp3) is 0. The van der Waals surface area contributed by atoms with E-state index in [4.69, 9.17) is 14.4 Å². The molecule has 0 aromatic rings. The molecule has 0 atom stereocenters. The standard InChI is InChI=1S/FH2O3P.Fe.Sr/c1-5(2,3)4;;/h(H2,2,3,4);;/q;2*+2/p-2. The van der Waals surface area contributed by atoms with Crippen molar-refractivity contribution in [3.8, 4) is 0 Å². The van der Waals surface area contributed by atoms with Gasteiger partial charge < -0.3 is 14.4 Å². The molecule has 0 radical (unpaired) electrons. The van der Waals surface area contributed by atoms with Crippen LogP contribution in [-0.4, -0.2) is 45.5 Å². The first-order valence-corrected chi connectivity index (χ1v) is 2.15. The van der Waals surface area contributed by atoms with E-state index >= 15 is 0 Å². The third-order valence-electron chi connectivity index (χ3n) is 0. The zero-order valence-corrected chi connectivity index (χ0v) is 8.59. The van der Waals surface area contributed by atoms with Gasteiger partial charge >= 0.3 is 62.6 Å². The Hall–Kier alpha value is 2.08. The van der Waals surface area contributed by atoms with E-state index in [0.717, 1.165) is 0 Å². The van der Waals surface area contributed by atoms with E-state index in [2.05, 4.69) is 0 Å². The van der Waals surface area contributed by atoms with Crippen molar-refractivity contribution in [3.05, 3.63) is 0 Å². The first-order valence-electron chi connectivity index (χ1n) is 0.717. The maximum Gasteiger partial charge on any atom is 2.00 e. The summed E-state index contributed by atoms with van der Waals surface area (Å²) in [6.45, 7) is 0. The summed E-state index contributed by atoms with van der Waals surface area (Å²) in [6, 6.07) is 0. The molecule has 0 rings (SSSR count). The van der Waals surface area contributed by atoms with Crippen molar-refractivity contribution in [2.75, 3.05) is 0 Å². The van der Waals surface area contributed by atoms with Crippen LogP contribution in [0.25, 0.3) is 0 Å². The molecule has 0 aromatic heterocycles. The molecular weight excluding hydrogens is 241 g/mol. The zero-order valence-electron chi connectivity index (χ0n) is 3.11. The predicted molar refractivity (Wildman–Crippen MR) is 14.5 cm³/mol. The van der Waals surface area contributed by atoms with Gasteiger partial charge in [-0.2, -0.15) is 0 Å². The molecule has 38 valence electrons. The van der Waals surface area contributed by atoms with Gasteiger partial charge in [0.15, 0.2) is 0 Å². The van der Waals surface area contributed by atoms with E-state index in [1.807, 2.05) is 0 Å². The van der Waals surface area contributed by atoms with Crippen molar-refractivity contribution in [2.45, 2.75) is 0 Å². The van der Waals surface area contributed by atoms with Gasteiger partial charge in [0, 0.05) is 0 Å². The largest absolute Gasteiger partial charge is 2.00 e. The van der Waals surface area contributed by atoms with E-state index in [0.29, 0.717) is 0 Å². The summed E-state index contributed by atoms with van der Waals surface area (Å²) >= 11 is 0. The monoisotopic (exact) mass is 242 g/mol. The van der Waals surface area contributed by atoms with Crippen LogP contribution in [0.3, 0.4) is 0 Å². The Morgan fingerprint density at radius 1 is 1.43 bits per heavy atom. The molecular formula is FFeO3PSr+2. The second kappa shape index (κ2) is 6.20. The Morgan fingerprint density at radius 3 is 1.43 bits per heavy atom. The molecule has 0 N–H and O–H groups in total. The van der Waals surface area contributed by atoms with Gasteiger partial charge in [0.05, 0.1) is 0 Å². The molecule has 0 amide bonds. The fourth-order valence-electron chi connectivity index (χ4n) is 0. The summed E-state index contributed by atoms with van der Waals surface area (Å²) in [5.74, 6) is 0. The van der Waals surface area contributed by atoms with E-state index in [9.17, 15) is 4.20 Å². The summed E-state index contributed by atoms with van der Waals surface area (Å²) in [5.41, 5.74) is 0. The molecule has 0 unspecified atom stereocenters. The maximum absolute atomic E-state index is 10.1. The van der Waals surface area contributed by atoms with Crippen LogP contribution >= 0.6 is 7.91 Å². The zero-order chi connectivity index (χ0) is 4.50. The van der Waals surface area contributed by atoms with Crippen LogP contribution in [0, 0.1) is 0 Å². The minimum Gasteiger partial charge on any atom is -0.786 e. The molecule has 0 aliphatic carbocycles. The second-order valence-corrected chi connectivity index (χ2v) is 1.29. The van der Waals surface area contributed by atoms with Crippen LogP contribution in [0.5, 0.6) is 0 Å². The molecule has 0 heterocycles. The number of hydrogen-bond donors (Lipinski definition) is 0. The topological polar surface area (TPSA) is 63.2 Å². The van der Waals surface area contributed by atoms with Crippen LogP contribution in [0.1, 0.15) is 0 Å². The normalized spacial score (nSPS) is 8.43. The third-order valence-corrected chi connectivity index (χ3v) is 0. The SMILES string of the molecule is O=P([O-])([O-])F.[Fe+2].[Sr+2]. The molecule has 0 aromatic carbocycles. The van der Waals surface area contributed by atoms with Crippen molar-refractivity contribution in [2.24, 2.45) is 0 Å². The van der Waals surface area contributed by atoms with Gasteiger partial charge in [-0.05, 0) is 0 Å². The molecule has 0 spiro atoms. The van der Waals surface area contributed by atoms with E-state index < -0.39 is 7.91 Å². The quantitative estimate of drug-likeness (QED) is 0.379. The average molecular weight is 241 g/mol. The fourth-order valence-corrected chi connectivity index (χ4v) is 0. The van der Waals surface area contributed by atoms with E-state index in [1.165, 1.54) is 0 Å². The first kappa shape index (κ1) is 16.0. The molecule has 7 heavy (non-hydrogen) atoms. The minimum absolute atomic E-state index is 0. The van der Waals surface area contributed by atoms with Crippen LogP contribution < -0.4 is 9.79 Å². The number of hydrogen-bond acceptors (Lipinski definition) is 3. The van der Waals surface area contributed by atoms with Crippen LogP contribution in [0.2, 0.25) is 0 Å². The first-order chi connectivity index (χ1) is 2.00. The summed E-state index contributed by atoms with van der Waals surface area (Å²) < 4.78 is 18.6. The second-order valence-electron chi connectivity index (χ2n) is 0.431. The molecule has 7 heteroatoms. The van der Waals surface area contributed by atoms with Crippen LogP contribution in [-0.2, 0) is 21.6 Å². The maximum atomic E-state index is 10.1. The van der Waals surface area contributed by atoms with Crippen LogP contribution in [0.15, 0.2) is 0 Å². The molecule has 0 saturated heterocycles. The number of rotatable bonds is 0. The molecule has 0 aliphatic heterocycles. The molecule has 0 fully saturated rings. The van der Waals surface area contributed by atoms with E-state index in [1.54, 1.807) is 0 Å². The van der Waals surface area contributed by atoms with Crippen LogP contribution in [0.4, 0.5) is 4.20 Å². The summed E-state index contributed by atoms with van der Waals surface area (Å²) in [4.78, 5) is 16.9. The molecule has 3 nitrogen and oxygen atoms in total. The summed E-state index contributed by atoms with van der Waals surface area (Å²) in [6.07, 6.45) is 0. The summed E-state index contributed by atoms with van der Waals surface area (Å²) in [7, 11) is -5.64. The Kier molecular flexibility index (Phi) is 14.2. The van der Waals surface area contributed by atoms with Crippen molar-refractivity contribution in [1.29, 1.82) is 0 Å². The Labute approximate surface area is 87.7 Å². The van der Waals surface area contributed by atoms with Crippen molar-refractivity contribution in [1.82, 2.24) is 0 Å². The van der Waals surface area contributed by atoms with Gasteiger partial charge in [0.25, 0.3) is 0 Å². The third kappa shape index (κ3) is 69.0. The molecule has 0 saturated carbocycles. The Balaban J connectivity index is -0.0000000800. The smallest absolute Gasteiger partial charge is 0.786 e. The summed E-state index contributed by atoms with van der Waals surface area (Å²) in [5, 5.41) is 0. The minimum atomic E-state index is -5.64. The average Bonchev–Trinajstić information content (AvgIpc) is 0.722. The van der Waals surface area contributed by atoms with Crippen molar-refractivity contribution in [3.63, 3.8) is 0 Å². The molecule has 0 bridgehead atoms.